The summed E-state index contributed by atoms with van der Waals surface area (Å²) in [6.07, 6.45) is 5.54. The molecule has 0 unspecified atom stereocenters. The van der Waals surface area contributed by atoms with E-state index in [1.165, 1.54) is 64.0 Å². The molecule has 20 heavy (non-hydrogen) atoms. The van der Waals surface area contributed by atoms with Gasteiger partial charge in [0, 0.05) is 18.8 Å². The summed E-state index contributed by atoms with van der Waals surface area (Å²) in [6.45, 7) is 7.56. The lowest BCUT2D eigenvalue weighted by Crippen LogP contribution is -2.37. The van der Waals surface area contributed by atoms with Gasteiger partial charge in [-0.1, -0.05) is 12.1 Å². The monoisotopic (exact) mass is 273 g/mol. The van der Waals surface area contributed by atoms with Gasteiger partial charge in [-0.2, -0.15) is 0 Å². The van der Waals surface area contributed by atoms with Gasteiger partial charge in [-0.3, -0.25) is 4.90 Å². The molecular weight excluding hydrogens is 246 g/mol. The standard InChI is InChI=1S/C17H27N3/c18-17-5-3-4-16(12-17)14-20-10-6-15(7-11-20)13-19-8-1-2-9-19/h3-5,12,15H,1-2,6-11,13-14,18H2. The fourth-order valence-electron chi connectivity index (χ4n) is 3.61. The Hall–Kier alpha value is -1.06. The van der Waals surface area contributed by atoms with Gasteiger partial charge in [0.25, 0.3) is 0 Å². The second-order valence-electron chi connectivity index (χ2n) is 6.47. The van der Waals surface area contributed by atoms with Crippen LogP contribution in [0.15, 0.2) is 24.3 Å². The maximum atomic E-state index is 5.85. The molecule has 2 fully saturated rings. The smallest absolute Gasteiger partial charge is 0.0317 e. The lowest BCUT2D eigenvalue weighted by Gasteiger charge is -2.33. The Morgan fingerprint density at radius 2 is 1.75 bits per heavy atom. The molecule has 3 nitrogen and oxygen atoms in total. The Kier molecular flexibility index (Phi) is 4.58. The van der Waals surface area contributed by atoms with Crippen molar-refractivity contribution in [1.29, 1.82) is 0 Å². The highest BCUT2D eigenvalue weighted by molar-refractivity contribution is 5.40. The van der Waals surface area contributed by atoms with Crippen molar-refractivity contribution in [1.82, 2.24) is 9.80 Å². The molecule has 2 heterocycles. The van der Waals surface area contributed by atoms with Crippen molar-refractivity contribution in [2.24, 2.45) is 5.92 Å². The predicted molar refractivity (Wildman–Crippen MR) is 84.5 cm³/mol. The number of likely N-dealkylation sites (tertiary alicyclic amines) is 2. The highest BCUT2D eigenvalue weighted by Crippen LogP contribution is 2.22. The first-order valence-electron chi connectivity index (χ1n) is 8.09. The van der Waals surface area contributed by atoms with E-state index in [9.17, 15) is 0 Å². The zero-order valence-corrected chi connectivity index (χ0v) is 12.4. The third-order valence-electron chi connectivity index (χ3n) is 4.78. The SMILES string of the molecule is Nc1cccc(CN2CCC(CN3CCCC3)CC2)c1. The van der Waals surface area contributed by atoms with Crippen molar-refractivity contribution in [2.75, 3.05) is 38.5 Å². The summed E-state index contributed by atoms with van der Waals surface area (Å²) in [6, 6.07) is 8.32. The third-order valence-corrected chi connectivity index (χ3v) is 4.78. The summed E-state index contributed by atoms with van der Waals surface area (Å²) in [5, 5.41) is 0. The molecule has 3 heteroatoms. The van der Waals surface area contributed by atoms with Crippen LogP contribution in [0, 0.1) is 5.92 Å². The van der Waals surface area contributed by atoms with Crippen LogP contribution in [0.25, 0.3) is 0 Å². The Labute approximate surface area is 122 Å². The Morgan fingerprint density at radius 1 is 1.00 bits per heavy atom. The van der Waals surface area contributed by atoms with Gasteiger partial charge >= 0.3 is 0 Å². The molecule has 0 amide bonds. The predicted octanol–water partition coefficient (Wildman–Crippen LogP) is 2.58. The normalized spacial score (nSPS) is 22.4. The van der Waals surface area contributed by atoms with Crippen LogP contribution in [0.4, 0.5) is 5.69 Å². The second kappa shape index (κ2) is 6.59. The van der Waals surface area contributed by atoms with E-state index in [2.05, 4.69) is 28.0 Å². The number of piperidine rings is 1. The van der Waals surface area contributed by atoms with Gasteiger partial charge in [0.15, 0.2) is 0 Å². The average Bonchev–Trinajstić information content (AvgIpc) is 2.94. The van der Waals surface area contributed by atoms with Gasteiger partial charge in [-0.25, -0.2) is 0 Å². The molecule has 0 bridgehead atoms. The molecule has 2 saturated heterocycles. The van der Waals surface area contributed by atoms with Crippen molar-refractivity contribution in [3.8, 4) is 0 Å². The molecular formula is C17H27N3. The number of nitrogen functional groups attached to an aromatic ring is 1. The number of hydrogen-bond acceptors (Lipinski definition) is 3. The molecule has 1 aromatic carbocycles. The minimum absolute atomic E-state index is 0.881. The summed E-state index contributed by atoms with van der Waals surface area (Å²) in [5.74, 6) is 0.921. The van der Waals surface area contributed by atoms with E-state index in [0.717, 1.165) is 18.2 Å². The van der Waals surface area contributed by atoms with Crippen molar-refractivity contribution in [2.45, 2.75) is 32.2 Å². The number of anilines is 1. The topological polar surface area (TPSA) is 32.5 Å². The van der Waals surface area contributed by atoms with Crippen LogP contribution in [0.5, 0.6) is 0 Å². The quantitative estimate of drug-likeness (QED) is 0.856. The van der Waals surface area contributed by atoms with E-state index in [1.54, 1.807) is 0 Å². The Balaban J connectivity index is 1.43. The van der Waals surface area contributed by atoms with Crippen LogP contribution in [-0.4, -0.2) is 42.5 Å². The van der Waals surface area contributed by atoms with Gasteiger partial charge in [-0.05, 0) is 75.5 Å². The number of nitrogens with zero attached hydrogens (tertiary/aromatic N) is 2. The van der Waals surface area contributed by atoms with E-state index in [1.807, 2.05) is 6.07 Å². The minimum Gasteiger partial charge on any atom is -0.399 e. The van der Waals surface area contributed by atoms with Crippen LogP contribution in [0.2, 0.25) is 0 Å². The molecule has 0 spiro atoms. The molecule has 2 aliphatic rings. The first kappa shape index (κ1) is 13.9. The molecule has 110 valence electrons. The van der Waals surface area contributed by atoms with Gasteiger partial charge in [0.2, 0.25) is 0 Å². The van der Waals surface area contributed by atoms with Crippen LogP contribution in [0.1, 0.15) is 31.2 Å². The molecule has 0 atom stereocenters. The van der Waals surface area contributed by atoms with Crippen LogP contribution in [-0.2, 0) is 6.54 Å². The zero-order chi connectivity index (χ0) is 13.8. The first-order valence-corrected chi connectivity index (χ1v) is 8.09. The molecule has 0 aliphatic carbocycles. The summed E-state index contributed by atoms with van der Waals surface area (Å²) < 4.78 is 0. The van der Waals surface area contributed by atoms with Gasteiger partial charge in [-0.15, -0.1) is 0 Å². The number of nitrogens with two attached hydrogens (primary N) is 1. The molecule has 2 aliphatic heterocycles. The molecule has 0 radical (unpaired) electrons. The number of hydrogen-bond donors (Lipinski definition) is 1. The maximum absolute atomic E-state index is 5.85. The Morgan fingerprint density at radius 3 is 2.45 bits per heavy atom. The lowest BCUT2D eigenvalue weighted by atomic mass is 9.96. The fourth-order valence-corrected chi connectivity index (χ4v) is 3.61. The second-order valence-corrected chi connectivity index (χ2v) is 6.47. The maximum Gasteiger partial charge on any atom is 0.0317 e. The van der Waals surface area contributed by atoms with Crippen LogP contribution < -0.4 is 5.73 Å². The Bertz CT molecular complexity index is 418. The van der Waals surface area contributed by atoms with Gasteiger partial charge < -0.3 is 10.6 Å². The van der Waals surface area contributed by atoms with Gasteiger partial charge in [0.05, 0.1) is 0 Å². The summed E-state index contributed by atoms with van der Waals surface area (Å²) in [4.78, 5) is 5.24. The van der Waals surface area contributed by atoms with Crippen LogP contribution in [0.3, 0.4) is 0 Å². The van der Waals surface area contributed by atoms with E-state index >= 15 is 0 Å². The number of benzene rings is 1. The molecule has 0 saturated carbocycles. The van der Waals surface area contributed by atoms with Crippen LogP contribution >= 0.6 is 0 Å². The first-order chi connectivity index (χ1) is 9.79. The molecule has 3 rings (SSSR count). The number of rotatable bonds is 4. The lowest BCUT2D eigenvalue weighted by molar-refractivity contribution is 0.149. The minimum atomic E-state index is 0.881. The molecule has 2 N–H and O–H groups in total. The summed E-state index contributed by atoms with van der Waals surface area (Å²) in [7, 11) is 0. The van der Waals surface area contributed by atoms with Crippen molar-refractivity contribution in [3.05, 3.63) is 29.8 Å². The fraction of sp³-hybridized carbons (Fsp3) is 0.647. The van der Waals surface area contributed by atoms with E-state index in [4.69, 9.17) is 5.73 Å². The largest absolute Gasteiger partial charge is 0.399 e. The highest BCUT2D eigenvalue weighted by Gasteiger charge is 2.22. The molecule has 1 aromatic rings. The van der Waals surface area contributed by atoms with E-state index in [-0.39, 0.29) is 0 Å². The van der Waals surface area contributed by atoms with Gasteiger partial charge in [0.1, 0.15) is 0 Å². The zero-order valence-electron chi connectivity index (χ0n) is 12.4. The summed E-state index contributed by atoms with van der Waals surface area (Å²) in [5.41, 5.74) is 8.08. The van der Waals surface area contributed by atoms with E-state index < -0.39 is 0 Å². The van der Waals surface area contributed by atoms with E-state index in [0.29, 0.717) is 0 Å². The molecule has 0 aromatic heterocycles. The van der Waals surface area contributed by atoms with Crippen molar-refractivity contribution in [3.63, 3.8) is 0 Å². The summed E-state index contributed by atoms with van der Waals surface area (Å²) >= 11 is 0. The third kappa shape index (κ3) is 3.74. The van der Waals surface area contributed by atoms with Crippen molar-refractivity contribution < 1.29 is 0 Å². The average molecular weight is 273 g/mol. The highest BCUT2D eigenvalue weighted by atomic mass is 15.2. The van der Waals surface area contributed by atoms with Crippen molar-refractivity contribution >= 4 is 5.69 Å².